The van der Waals surface area contributed by atoms with Crippen LogP contribution >= 0.6 is 0 Å². The van der Waals surface area contributed by atoms with Crippen molar-refractivity contribution in [3.05, 3.63) is 64.7 Å². The Balaban J connectivity index is 1.51. The maximum Gasteiger partial charge on any atom is 0.251 e. The molecule has 0 bridgehead atoms. The average molecular weight is 423 g/mol. The van der Waals surface area contributed by atoms with Crippen molar-refractivity contribution in [2.75, 3.05) is 19.7 Å². The summed E-state index contributed by atoms with van der Waals surface area (Å²) in [5, 5.41) is 9.69. The first-order valence-corrected chi connectivity index (χ1v) is 11.3. The first-order valence-electron chi connectivity index (χ1n) is 11.3. The first-order chi connectivity index (χ1) is 15.1. The lowest BCUT2D eigenvalue weighted by atomic mass is 10.1. The monoisotopic (exact) mass is 422 g/mol. The summed E-state index contributed by atoms with van der Waals surface area (Å²) in [4.78, 5) is 16.9. The lowest BCUT2D eigenvalue weighted by Gasteiger charge is -2.12. The van der Waals surface area contributed by atoms with Gasteiger partial charge in [-0.15, -0.1) is 0 Å². The van der Waals surface area contributed by atoms with Crippen molar-refractivity contribution in [1.82, 2.24) is 16.0 Å². The number of nitrogens with zero attached hydrogens (tertiary/aromatic N) is 1. The number of fused-ring (bicyclic) bond motifs is 1. The molecule has 1 aliphatic heterocycles. The van der Waals surface area contributed by atoms with E-state index < -0.39 is 0 Å². The molecule has 0 radical (unpaired) electrons. The molecule has 166 valence electrons. The largest absolute Gasteiger partial charge is 0.493 e. The number of aliphatic imine (C=N–C) groups is 1. The zero-order valence-corrected chi connectivity index (χ0v) is 18.8. The van der Waals surface area contributed by atoms with Crippen LogP contribution in [0.4, 0.5) is 0 Å². The number of amides is 1. The summed E-state index contributed by atoms with van der Waals surface area (Å²) in [5.74, 6) is 1.79. The number of carbonyl (C=O) groups excluding carboxylic acids is 1. The molecule has 1 amide bonds. The molecule has 3 N–H and O–H groups in total. The summed E-state index contributed by atoms with van der Waals surface area (Å²) in [5.41, 5.74) is 4.35. The number of rotatable bonds is 9. The van der Waals surface area contributed by atoms with E-state index in [-0.39, 0.29) is 11.9 Å². The van der Waals surface area contributed by atoms with Gasteiger partial charge in [0, 0.05) is 31.1 Å². The highest BCUT2D eigenvalue weighted by molar-refractivity contribution is 5.94. The summed E-state index contributed by atoms with van der Waals surface area (Å²) >= 11 is 0. The molecule has 1 heterocycles. The molecule has 2 aromatic rings. The second kappa shape index (κ2) is 11.4. The van der Waals surface area contributed by atoms with Gasteiger partial charge >= 0.3 is 0 Å². The van der Waals surface area contributed by atoms with Gasteiger partial charge in [-0.3, -0.25) is 4.79 Å². The van der Waals surface area contributed by atoms with Crippen molar-refractivity contribution in [3.63, 3.8) is 0 Å². The minimum atomic E-state index is -0.0301. The molecule has 6 heteroatoms. The van der Waals surface area contributed by atoms with E-state index in [2.05, 4.69) is 53.0 Å². The number of benzene rings is 2. The molecular weight excluding hydrogens is 388 g/mol. The minimum Gasteiger partial charge on any atom is -0.493 e. The van der Waals surface area contributed by atoms with E-state index in [1.165, 1.54) is 11.1 Å². The molecule has 1 unspecified atom stereocenters. The van der Waals surface area contributed by atoms with Gasteiger partial charge in [0.2, 0.25) is 0 Å². The molecule has 0 saturated heterocycles. The molecule has 0 saturated carbocycles. The van der Waals surface area contributed by atoms with Gasteiger partial charge in [0.1, 0.15) is 5.75 Å². The topological polar surface area (TPSA) is 74.8 Å². The number of nitrogens with one attached hydrogen (secondary N) is 3. The smallest absolute Gasteiger partial charge is 0.251 e. The van der Waals surface area contributed by atoms with Crippen LogP contribution in [0.5, 0.6) is 5.75 Å². The quantitative estimate of drug-likeness (QED) is 0.427. The van der Waals surface area contributed by atoms with Crippen molar-refractivity contribution < 1.29 is 9.53 Å². The van der Waals surface area contributed by atoms with E-state index >= 15 is 0 Å². The number of hydrogen-bond donors (Lipinski definition) is 3. The fourth-order valence-electron chi connectivity index (χ4n) is 3.40. The lowest BCUT2D eigenvalue weighted by Crippen LogP contribution is -2.38. The van der Waals surface area contributed by atoms with Gasteiger partial charge in [-0.2, -0.15) is 0 Å². The highest BCUT2D eigenvalue weighted by atomic mass is 16.5. The van der Waals surface area contributed by atoms with Crippen LogP contribution < -0.4 is 20.7 Å². The Labute approximate surface area is 185 Å². The third kappa shape index (κ3) is 6.74. The SMILES string of the molecule is CCNC(=NCc1ccc(C(=O)NC(C)CC)cc1)NCCc1ccc2c(c1)CCO2. The summed E-state index contributed by atoms with van der Waals surface area (Å²) in [6.07, 6.45) is 2.84. The highest BCUT2D eigenvalue weighted by Crippen LogP contribution is 2.25. The molecule has 0 aliphatic carbocycles. The average Bonchev–Trinajstić information content (AvgIpc) is 3.25. The maximum absolute atomic E-state index is 12.2. The fraction of sp³-hybridized carbons (Fsp3) is 0.440. The third-order valence-corrected chi connectivity index (χ3v) is 5.43. The molecule has 0 fully saturated rings. The molecule has 2 aromatic carbocycles. The van der Waals surface area contributed by atoms with Crippen molar-refractivity contribution in [2.45, 2.75) is 52.6 Å². The van der Waals surface area contributed by atoms with Gasteiger partial charge in [-0.25, -0.2) is 4.99 Å². The van der Waals surface area contributed by atoms with E-state index in [9.17, 15) is 4.79 Å². The van der Waals surface area contributed by atoms with Gasteiger partial charge in [0.05, 0.1) is 13.2 Å². The number of carbonyl (C=O) groups is 1. The zero-order valence-electron chi connectivity index (χ0n) is 18.8. The van der Waals surface area contributed by atoms with Gasteiger partial charge in [-0.05, 0) is 61.6 Å². The Morgan fingerprint density at radius 1 is 1.10 bits per heavy atom. The van der Waals surface area contributed by atoms with Gasteiger partial charge in [0.15, 0.2) is 5.96 Å². The van der Waals surface area contributed by atoms with Crippen molar-refractivity contribution in [3.8, 4) is 5.75 Å². The van der Waals surface area contributed by atoms with Crippen molar-refractivity contribution in [1.29, 1.82) is 0 Å². The second-order valence-electron chi connectivity index (χ2n) is 7.89. The Morgan fingerprint density at radius 3 is 2.61 bits per heavy atom. The third-order valence-electron chi connectivity index (χ3n) is 5.43. The Hall–Kier alpha value is -3.02. The van der Waals surface area contributed by atoms with E-state index in [0.717, 1.165) is 56.2 Å². The van der Waals surface area contributed by atoms with Crippen LogP contribution in [0.1, 0.15) is 54.2 Å². The molecule has 6 nitrogen and oxygen atoms in total. The lowest BCUT2D eigenvalue weighted by molar-refractivity contribution is 0.0939. The number of hydrogen-bond acceptors (Lipinski definition) is 3. The standard InChI is InChI=1S/C25H34N4O2/c1-4-18(3)29-24(30)21-9-6-20(7-10-21)17-28-25(26-5-2)27-14-12-19-8-11-23-22(16-19)13-15-31-23/h6-11,16,18H,4-5,12-15,17H2,1-3H3,(H,29,30)(H2,26,27,28). The van der Waals surface area contributed by atoms with Crippen LogP contribution in [-0.2, 0) is 19.4 Å². The van der Waals surface area contributed by atoms with E-state index in [1.54, 1.807) is 0 Å². The number of ether oxygens (including phenoxy) is 1. The van der Waals surface area contributed by atoms with Gasteiger partial charge < -0.3 is 20.7 Å². The predicted molar refractivity (Wildman–Crippen MR) is 126 cm³/mol. The Bertz CT molecular complexity index is 893. The van der Waals surface area contributed by atoms with E-state index in [1.807, 2.05) is 31.2 Å². The predicted octanol–water partition coefficient (Wildman–Crippen LogP) is 3.45. The molecule has 1 aliphatic rings. The maximum atomic E-state index is 12.2. The molecule has 0 aromatic heterocycles. The molecule has 0 spiro atoms. The Kier molecular flexibility index (Phi) is 8.33. The van der Waals surface area contributed by atoms with Crippen molar-refractivity contribution >= 4 is 11.9 Å². The first kappa shape index (κ1) is 22.7. The van der Waals surface area contributed by atoms with Crippen molar-refractivity contribution in [2.24, 2.45) is 4.99 Å². The highest BCUT2D eigenvalue weighted by Gasteiger charge is 2.12. The van der Waals surface area contributed by atoms with Gasteiger partial charge in [0.25, 0.3) is 5.91 Å². The molecule has 1 atom stereocenters. The van der Waals surface area contributed by atoms with Crippen LogP contribution in [-0.4, -0.2) is 37.6 Å². The molecule has 3 rings (SSSR count). The number of guanidine groups is 1. The van der Waals surface area contributed by atoms with Crippen LogP contribution in [0.2, 0.25) is 0 Å². The molecule has 31 heavy (non-hydrogen) atoms. The summed E-state index contributed by atoms with van der Waals surface area (Å²) < 4.78 is 5.58. The zero-order chi connectivity index (χ0) is 22.1. The summed E-state index contributed by atoms with van der Waals surface area (Å²) in [6.45, 7) is 9.08. The normalized spacial score (nSPS) is 13.8. The second-order valence-corrected chi connectivity index (χ2v) is 7.89. The molecular formula is C25H34N4O2. The van der Waals surface area contributed by atoms with Crippen LogP contribution in [0.15, 0.2) is 47.5 Å². The fourth-order valence-corrected chi connectivity index (χ4v) is 3.40. The summed E-state index contributed by atoms with van der Waals surface area (Å²) in [6, 6.07) is 14.3. The van der Waals surface area contributed by atoms with E-state index in [0.29, 0.717) is 12.1 Å². The van der Waals surface area contributed by atoms with Crippen LogP contribution in [0, 0.1) is 0 Å². The van der Waals surface area contributed by atoms with Crippen LogP contribution in [0.3, 0.4) is 0 Å². The minimum absolute atomic E-state index is 0.0301. The summed E-state index contributed by atoms with van der Waals surface area (Å²) in [7, 11) is 0. The van der Waals surface area contributed by atoms with Crippen LogP contribution in [0.25, 0.3) is 0 Å². The van der Waals surface area contributed by atoms with Gasteiger partial charge in [-0.1, -0.05) is 31.2 Å². The Morgan fingerprint density at radius 2 is 1.87 bits per heavy atom. The van der Waals surface area contributed by atoms with E-state index in [4.69, 9.17) is 4.74 Å².